The average Bonchev–Trinajstić information content (AvgIpc) is 2.40. The molecule has 0 aliphatic carbocycles. The number of aldehydes is 1. The molecule has 0 N–H and O–H groups in total. The van der Waals surface area contributed by atoms with Crippen molar-refractivity contribution in [2.24, 2.45) is 0 Å². The van der Waals surface area contributed by atoms with Crippen LogP contribution in [0.3, 0.4) is 0 Å². The largest absolute Gasteiger partial charge is 0.298 e. The zero-order valence-corrected chi connectivity index (χ0v) is 12.6. The Balaban J connectivity index is 2.29. The van der Waals surface area contributed by atoms with Gasteiger partial charge in [0.2, 0.25) is 0 Å². The molecule has 2 rings (SSSR count). The van der Waals surface area contributed by atoms with Crippen LogP contribution in [0.5, 0.6) is 0 Å². The first-order chi connectivity index (χ1) is 9.41. The maximum Gasteiger partial charge on any atom is 0.151 e. The van der Waals surface area contributed by atoms with Gasteiger partial charge in [0.1, 0.15) is 5.82 Å². The highest BCUT2D eigenvalue weighted by Gasteiger charge is 2.14. The van der Waals surface area contributed by atoms with E-state index in [1.165, 1.54) is 23.4 Å². The van der Waals surface area contributed by atoms with Gasteiger partial charge in [-0.05, 0) is 29.2 Å². The predicted octanol–water partition coefficient (Wildman–Crippen LogP) is 5.09. The van der Waals surface area contributed by atoms with Gasteiger partial charge in [0.15, 0.2) is 6.29 Å². The first-order valence-electron chi connectivity index (χ1n) is 6.44. The van der Waals surface area contributed by atoms with E-state index in [1.54, 1.807) is 12.1 Å². The maximum absolute atomic E-state index is 13.8. The molecule has 0 bridgehead atoms. The predicted molar refractivity (Wildman–Crippen MR) is 81.1 cm³/mol. The highest BCUT2D eigenvalue weighted by Crippen LogP contribution is 2.33. The molecule has 2 aromatic carbocycles. The zero-order chi connectivity index (χ0) is 14.8. The van der Waals surface area contributed by atoms with E-state index in [1.807, 2.05) is 24.3 Å². The molecule has 104 valence electrons. The van der Waals surface area contributed by atoms with E-state index in [4.69, 9.17) is 0 Å². The van der Waals surface area contributed by atoms with Crippen molar-refractivity contribution in [2.75, 3.05) is 0 Å². The van der Waals surface area contributed by atoms with E-state index < -0.39 is 0 Å². The minimum Gasteiger partial charge on any atom is -0.298 e. The van der Waals surface area contributed by atoms with Gasteiger partial charge in [-0.3, -0.25) is 4.79 Å². The first kappa shape index (κ1) is 14.8. The fourth-order valence-corrected chi connectivity index (χ4v) is 2.77. The number of hydrogen-bond acceptors (Lipinski definition) is 2. The van der Waals surface area contributed by atoms with Gasteiger partial charge in [0.25, 0.3) is 0 Å². The molecule has 0 fully saturated rings. The Kier molecular flexibility index (Phi) is 4.29. The monoisotopic (exact) mass is 288 g/mol. The summed E-state index contributed by atoms with van der Waals surface area (Å²) in [5.74, 6) is -0.362. The van der Waals surface area contributed by atoms with Gasteiger partial charge in [0.05, 0.1) is 4.90 Å². The molecule has 0 unspecified atom stereocenters. The molecule has 0 amide bonds. The topological polar surface area (TPSA) is 17.1 Å². The molecule has 0 radical (unpaired) electrons. The van der Waals surface area contributed by atoms with E-state index in [0.29, 0.717) is 16.7 Å². The molecule has 20 heavy (non-hydrogen) atoms. The highest BCUT2D eigenvalue weighted by molar-refractivity contribution is 7.99. The quantitative estimate of drug-likeness (QED) is 0.732. The fourth-order valence-electron chi connectivity index (χ4n) is 1.87. The van der Waals surface area contributed by atoms with Gasteiger partial charge in [-0.25, -0.2) is 4.39 Å². The van der Waals surface area contributed by atoms with Gasteiger partial charge in [-0.15, -0.1) is 0 Å². The molecule has 0 atom stereocenters. The number of carbonyl (C=O) groups is 1. The standard InChI is InChI=1S/C17H17FOS/c1-17(2,3)13-7-9-14(10-8-13)20-16-12(11-19)5-4-6-15(16)18/h4-11H,1-3H3. The molecule has 0 heterocycles. The van der Waals surface area contributed by atoms with Crippen LogP contribution >= 0.6 is 11.8 Å². The molecular formula is C17H17FOS. The van der Waals surface area contributed by atoms with E-state index >= 15 is 0 Å². The Labute approximate surface area is 123 Å². The minimum atomic E-state index is -0.362. The van der Waals surface area contributed by atoms with Crippen molar-refractivity contribution in [1.29, 1.82) is 0 Å². The van der Waals surface area contributed by atoms with Crippen LogP contribution in [0.1, 0.15) is 36.7 Å². The molecule has 0 spiro atoms. The van der Waals surface area contributed by atoms with E-state index in [-0.39, 0.29) is 11.2 Å². The highest BCUT2D eigenvalue weighted by atomic mass is 32.2. The number of benzene rings is 2. The second-order valence-electron chi connectivity index (χ2n) is 5.65. The van der Waals surface area contributed by atoms with Crippen molar-refractivity contribution in [3.05, 3.63) is 59.4 Å². The lowest BCUT2D eigenvalue weighted by atomic mass is 9.87. The number of rotatable bonds is 3. The van der Waals surface area contributed by atoms with E-state index in [2.05, 4.69) is 20.8 Å². The summed E-state index contributed by atoms with van der Waals surface area (Å²) in [5.41, 5.74) is 1.70. The van der Waals surface area contributed by atoms with Crippen LogP contribution < -0.4 is 0 Å². The minimum absolute atomic E-state index is 0.0924. The Morgan fingerprint density at radius 3 is 2.25 bits per heavy atom. The molecule has 2 aromatic rings. The Hall–Kier alpha value is -1.61. The Morgan fingerprint density at radius 2 is 1.70 bits per heavy atom. The third-order valence-corrected chi connectivity index (χ3v) is 4.21. The summed E-state index contributed by atoms with van der Waals surface area (Å²) in [6, 6.07) is 12.6. The molecule has 3 heteroatoms. The Morgan fingerprint density at radius 1 is 1.05 bits per heavy atom. The molecule has 0 aromatic heterocycles. The second-order valence-corrected chi connectivity index (χ2v) is 6.74. The van der Waals surface area contributed by atoms with Gasteiger partial charge in [0, 0.05) is 10.5 Å². The molecule has 1 nitrogen and oxygen atoms in total. The molecular weight excluding hydrogens is 271 g/mol. The molecule has 0 aliphatic rings. The van der Waals surface area contributed by atoms with Crippen LogP contribution in [0, 0.1) is 5.82 Å². The number of carbonyl (C=O) groups excluding carboxylic acids is 1. The van der Waals surface area contributed by atoms with E-state index in [0.717, 1.165) is 4.90 Å². The summed E-state index contributed by atoms with van der Waals surface area (Å²) in [7, 11) is 0. The molecule has 0 aliphatic heterocycles. The number of halogens is 1. The van der Waals surface area contributed by atoms with E-state index in [9.17, 15) is 9.18 Å². The van der Waals surface area contributed by atoms with Crippen LogP contribution in [-0.2, 0) is 5.41 Å². The van der Waals surface area contributed by atoms with Crippen molar-refractivity contribution in [1.82, 2.24) is 0 Å². The molecule has 0 saturated heterocycles. The second kappa shape index (κ2) is 5.80. The summed E-state index contributed by atoms with van der Waals surface area (Å²) < 4.78 is 13.8. The van der Waals surface area contributed by atoms with Gasteiger partial charge >= 0.3 is 0 Å². The first-order valence-corrected chi connectivity index (χ1v) is 7.25. The SMILES string of the molecule is CC(C)(C)c1ccc(Sc2c(F)cccc2C=O)cc1. The fraction of sp³-hybridized carbons (Fsp3) is 0.235. The van der Waals surface area contributed by atoms with Crippen molar-refractivity contribution in [3.8, 4) is 0 Å². The van der Waals surface area contributed by atoms with Crippen LogP contribution in [0.4, 0.5) is 4.39 Å². The summed E-state index contributed by atoms with van der Waals surface area (Å²) in [6.07, 6.45) is 0.689. The normalized spacial score (nSPS) is 11.4. The summed E-state index contributed by atoms with van der Waals surface area (Å²) in [4.78, 5) is 12.3. The van der Waals surface area contributed by atoms with Crippen LogP contribution in [0.15, 0.2) is 52.3 Å². The van der Waals surface area contributed by atoms with Crippen molar-refractivity contribution in [3.63, 3.8) is 0 Å². The third kappa shape index (κ3) is 3.28. The van der Waals surface area contributed by atoms with Gasteiger partial charge in [-0.2, -0.15) is 0 Å². The Bertz CT molecular complexity index is 612. The van der Waals surface area contributed by atoms with Crippen molar-refractivity contribution < 1.29 is 9.18 Å². The van der Waals surface area contributed by atoms with Crippen LogP contribution in [-0.4, -0.2) is 6.29 Å². The average molecular weight is 288 g/mol. The van der Waals surface area contributed by atoms with Crippen LogP contribution in [0.25, 0.3) is 0 Å². The van der Waals surface area contributed by atoms with Crippen molar-refractivity contribution in [2.45, 2.75) is 36.0 Å². The zero-order valence-electron chi connectivity index (χ0n) is 11.8. The van der Waals surface area contributed by atoms with Crippen molar-refractivity contribution >= 4 is 18.0 Å². The summed E-state index contributed by atoms with van der Waals surface area (Å²) >= 11 is 1.28. The summed E-state index contributed by atoms with van der Waals surface area (Å²) in [6.45, 7) is 6.45. The lowest BCUT2D eigenvalue weighted by Gasteiger charge is -2.19. The molecule has 0 saturated carbocycles. The lowest BCUT2D eigenvalue weighted by Crippen LogP contribution is -2.10. The lowest BCUT2D eigenvalue weighted by molar-refractivity contribution is 0.112. The maximum atomic E-state index is 13.8. The smallest absolute Gasteiger partial charge is 0.151 e. The van der Waals surface area contributed by atoms with Crippen LogP contribution in [0.2, 0.25) is 0 Å². The number of hydrogen-bond donors (Lipinski definition) is 0. The van der Waals surface area contributed by atoms with Gasteiger partial charge < -0.3 is 0 Å². The third-order valence-electron chi connectivity index (χ3n) is 3.06. The van der Waals surface area contributed by atoms with Gasteiger partial charge in [-0.1, -0.05) is 56.8 Å². The summed E-state index contributed by atoms with van der Waals surface area (Å²) in [5, 5.41) is 0.